The van der Waals surface area contributed by atoms with Crippen LogP contribution in [0.1, 0.15) is 25.8 Å². The van der Waals surface area contributed by atoms with E-state index in [0.717, 1.165) is 5.56 Å². The van der Waals surface area contributed by atoms with Crippen LogP contribution in [0, 0.1) is 5.92 Å². The van der Waals surface area contributed by atoms with Crippen molar-refractivity contribution in [1.29, 1.82) is 0 Å². The van der Waals surface area contributed by atoms with Gasteiger partial charge in [0, 0.05) is 20.6 Å². The number of benzene rings is 1. The summed E-state index contributed by atoms with van der Waals surface area (Å²) >= 11 is 0. The lowest BCUT2D eigenvalue weighted by atomic mass is 10.0. The predicted molar refractivity (Wildman–Crippen MR) is 128 cm³/mol. The zero-order chi connectivity index (χ0) is 25.3. The van der Waals surface area contributed by atoms with Gasteiger partial charge in [0.15, 0.2) is 5.75 Å². The van der Waals surface area contributed by atoms with Crippen molar-refractivity contribution in [2.75, 3.05) is 33.9 Å². The Kier molecular flexibility index (Phi) is 10.1. The van der Waals surface area contributed by atoms with E-state index in [9.17, 15) is 14.4 Å². The molecule has 2 amide bonds. The molecule has 0 saturated heterocycles. The number of hydrogen-bond donors (Lipinski definition) is 2. The van der Waals surface area contributed by atoms with Gasteiger partial charge in [0.1, 0.15) is 12.6 Å². The number of carbonyl (C=O) groups excluding carboxylic acids is 2. The minimum atomic E-state index is -0.860. The average Bonchev–Trinajstić information content (AvgIpc) is 2.81. The third-order valence-corrected chi connectivity index (χ3v) is 5.19. The van der Waals surface area contributed by atoms with Crippen molar-refractivity contribution < 1.29 is 24.2 Å². The van der Waals surface area contributed by atoms with E-state index in [1.165, 1.54) is 22.9 Å². The topological polar surface area (TPSA) is 123 Å². The SMILES string of the molecule is COc1cnn(C)c(=O)c1-c1ccc(CC[C@H](NC(=O)N(C)CC(C)C)C(=O)OCCO)cc1. The van der Waals surface area contributed by atoms with Crippen LogP contribution in [0.2, 0.25) is 0 Å². The Morgan fingerprint density at radius 3 is 2.50 bits per heavy atom. The number of esters is 1. The maximum absolute atomic E-state index is 12.5. The molecule has 0 fully saturated rings. The van der Waals surface area contributed by atoms with Crippen LogP contribution in [-0.4, -0.2) is 71.7 Å². The van der Waals surface area contributed by atoms with Gasteiger partial charge in [0.2, 0.25) is 0 Å². The van der Waals surface area contributed by atoms with Crippen LogP contribution in [0.15, 0.2) is 35.3 Å². The highest BCUT2D eigenvalue weighted by Crippen LogP contribution is 2.25. The molecule has 0 aliphatic carbocycles. The highest BCUT2D eigenvalue weighted by atomic mass is 16.5. The number of hydrogen-bond acceptors (Lipinski definition) is 7. The van der Waals surface area contributed by atoms with Crippen molar-refractivity contribution in [1.82, 2.24) is 20.0 Å². The van der Waals surface area contributed by atoms with Gasteiger partial charge in [-0.2, -0.15) is 5.10 Å². The van der Waals surface area contributed by atoms with E-state index in [4.69, 9.17) is 14.6 Å². The molecule has 0 saturated carbocycles. The quantitative estimate of drug-likeness (QED) is 0.474. The molecule has 1 aromatic carbocycles. The van der Waals surface area contributed by atoms with Gasteiger partial charge in [0.25, 0.3) is 5.56 Å². The molecule has 34 heavy (non-hydrogen) atoms. The fourth-order valence-electron chi connectivity index (χ4n) is 3.48. The molecule has 10 heteroatoms. The number of urea groups is 1. The van der Waals surface area contributed by atoms with E-state index >= 15 is 0 Å². The van der Waals surface area contributed by atoms with Crippen LogP contribution in [-0.2, 0) is 23.0 Å². The molecule has 0 aliphatic rings. The Hall–Kier alpha value is -3.40. The maximum Gasteiger partial charge on any atom is 0.328 e. The lowest BCUT2D eigenvalue weighted by Crippen LogP contribution is -2.48. The van der Waals surface area contributed by atoms with Crippen LogP contribution < -0.4 is 15.6 Å². The molecule has 1 aromatic heterocycles. The molecule has 0 bridgehead atoms. The minimum Gasteiger partial charge on any atom is -0.494 e. The van der Waals surface area contributed by atoms with Gasteiger partial charge in [0.05, 0.1) is 25.5 Å². The highest BCUT2D eigenvalue weighted by Gasteiger charge is 2.24. The van der Waals surface area contributed by atoms with E-state index in [2.05, 4.69) is 10.4 Å². The lowest BCUT2D eigenvalue weighted by Gasteiger charge is -2.24. The molecule has 1 heterocycles. The molecular formula is C24H34N4O6. The standard InChI is InChI=1S/C24H34N4O6/c1-16(2)15-27(3)24(32)26-19(23(31)34-13-12-29)11-8-17-6-9-18(10-7-17)21-20(33-5)14-25-28(4)22(21)30/h6-7,9-10,14,16,19,29H,8,11-13,15H2,1-5H3,(H,26,32)/t19-/m0/s1. The monoisotopic (exact) mass is 474 g/mol. The summed E-state index contributed by atoms with van der Waals surface area (Å²) in [7, 11) is 4.72. The molecule has 2 aromatic rings. The number of methoxy groups -OCH3 is 1. The van der Waals surface area contributed by atoms with Gasteiger partial charge < -0.3 is 24.8 Å². The summed E-state index contributed by atoms with van der Waals surface area (Å²) in [6.07, 6.45) is 2.29. The molecule has 0 unspecified atom stereocenters. The van der Waals surface area contributed by atoms with Crippen molar-refractivity contribution in [2.24, 2.45) is 13.0 Å². The van der Waals surface area contributed by atoms with Crippen LogP contribution in [0.3, 0.4) is 0 Å². The first-order valence-corrected chi connectivity index (χ1v) is 11.2. The normalized spacial score (nSPS) is 11.7. The first kappa shape index (κ1) is 26.8. The Morgan fingerprint density at radius 2 is 1.91 bits per heavy atom. The highest BCUT2D eigenvalue weighted by molar-refractivity contribution is 5.83. The van der Waals surface area contributed by atoms with Gasteiger partial charge in [-0.05, 0) is 29.9 Å². The predicted octanol–water partition coefficient (Wildman–Crippen LogP) is 1.59. The van der Waals surface area contributed by atoms with Crippen LogP contribution in [0.4, 0.5) is 4.79 Å². The number of aromatic nitrogens is 2. The summed E-state index contributed by atoms with van der Waals surface area (Å²) in [5.74, 6) is 0.0719. The third kappa shape index (κ3) is 7.31. The minimum absolute atomic E-state index is 0.134. The van der Waals surface area contributed by atoms with E-state index in [-0.39, 0.29) is 30.7 Å². The second kappa shape index (κ2) is 12.7. The summed E-state index contributed by atoms with van der Waals surface area (Å²) in [5.41, 5.74) is 1.74. The Labute approximate surface area is 199 Å². The number of ether oxygens (including phenoxy) is 2. The average molecular weight is 475 g/mol. The van der Waals surface area contributed by atoms with E-state index in [0.29, 0.717) is 36.3 Å². The molecule has 10 nitrogen and oxygen atoms in total. The summed E-state index contributed by atoms with van der Waals surface area (Å²) in [6.45, 7) is 4.11. The van der Waals surface area contributed by atoms with Crippen LogP contribution >= 0.6 is 0 Å². The van der Waals surface area contributed by atoms with Gasteiger partial charge in [-0.3, -0.25) is 4.79 Å². The number of amides is 2. The number of carbonyl (C=O) groups is 2. The second-order valence-electron chi connectivity index (χ2n) is 8.42. The number of aryl methyl sites for hydroxylation is 2. The van der Waals surface area contributed by atoms with Crippen LogP contribution in [0.25, 0.3) is 11.1 Å². The molecule has 2 N–H and O–H groups in total. The molecule has 0 spiro atoms. The molecular weight excluding hydrogens is 440 g/mol. The maximum atomic E-state index is 12.5. The molecule has 1 atom stereocenters. The number of nitrogens with zero attached hydrogens (tertiary/aromatic N) is 3. The summed E-state index contributed by atoms with van der Waals surface area (Å²) < 4.78 is 11.6. The first-order valence-electron chi connectivity index (χ1n) is 11.2. The molecule has 186 valence electrons. The van der Waals surface area contributed by atoms with E-state index < -0.39 is 12.0 Å². The van der Waals surface area contributed by atoms with Crippen LogP contribution in [0.5, 0.6) is 5.75 Å². The first-order chi connectivity index (χ1) is 16.2. The summed E-state index contributed by atoms with van der Waals surface area (Å²) in [6, 6.07) is 6.11. The Balaban J connectivity index is 2.14. The summed E-state index contributed by atoms with van der Waals surface area (Å²) in [4.78, 5) is 39.0. The molecule has 2 rings (SSSR count). The zero-order valence-corrected chi connectivity index (χ0v) is 20.4. The third-order valence-electron chi connectivity index (χ3n) is 5.19. The summed E-state index contributed by atoms with van der Waals surface area (Å²) in [5, 5.41) is 15.7. The van der Waals surface area contributed by atoms with E-state index in [1.54, 1.807) is 14.1 Å². The van der Waals surface area contributed by atoms with Gasteiger partial charge in [-0.15, -0.1) is 0 Å². The smallest absolute Gasteiger partial charge is 0.328 e. The Morgan fingerprint density at radius 1 is 1.24 bits per heavy atom. The fourth-order valence-corrected chi connectivity index (χ4v) is 3.48. The van der Waals surface area contributed by atoms with Crippen molar-refractivity contribution in [2.45, 2.75) is 32.7 Å². The lowest BCUT2D eigenvalue weighted by molar-refractivity contribution is -0.147. The van der Waals surface area contributed by atoms with E-state index in [1.807, 2.05) is 38.1 Å². The van der Waals surface area contributed by atoms with Crippen molar-refractivity contribution in [3.63, 3.8) is 0 Å². The number of nitrogens with one attached hydrogen (secondary N) is 1. The van der Waals surface area contributed by atoms with Crippen molar-refractivity contribution in [3.8, 4) is 16.9 Å². The van der Waals surface area contributed by atoms with Gasteiger partial charge in [-0.25, -0.2) is 14.3 Å². The second-order valence-corrected chi connectivity index (χ2v) is 8.42. The largest absolute Gasteiger partial charge is 0.494 e. The Bertz CT molecular complexity index is 1020. The van der Waals surface area contributed by atoms with Crippen molar-refractivity contribution in [3.05, 3.63) is 46.4 Å². The zero-order valence-electron chi connectivity index (χ0n) is 20.4. The van der Waals surface area contributed by atoms with Gasteiger partial charge in [-0.1, -0.05) is 38.1 Å². The number of aliphatic hydroxyl groups excluding tert-OH is 1. The number of rotatable bonds is 11. The molecule has 0 radical (unpaired) electrons. The van der Waals surface area contributed by atoms with Crippen molar-refractivity contribution >= 4 is 12.0 Å². The molecule has 0 aliphatic heterocycles. The number of aliphatic hydroxyl groups is 1. The fraction of sp³-hybridized carbons (Fsp3) is 0.500. The van der Waals surface area contributed by atoms with Gasteiger partial charge >= 0.3 is 12.0 Å².